The van der Waals surface area contributed by atoms with E-state index in [0.717, 1.165) is 19.3 Å². The molecule has 3 fully saturated rings. The average Bonchev–Trinajstić information content (AvgIpc) is 3.30. The maximum absolute atomic E-state index is 14.4. The Bertz CT molecular complexity index is 1580. The van der Waals surface area contributed by atoms with Crippen molar-refractivity contribution in [3.05, 3.63) is 30.3 Å². The molecule has 50 heavy (non-hydrogen) atoms. The Kier molecular flexibility index (Phi) is 11.2. The topological polar surface area (TPSA) is 188 Å². The molecule has 0 radical (unpaired) electrons. The fourth-order valence-corrected chi connectivity index (χ4v) is 8.55. The van der Waals surface area contributed by atoms with Crippen molar-refractivity contribution in [3.63, 3.8) is 0 Å². The lowest BCUT2D eigenvalue weighted by Gasteiger charge is -2.39. The number of nitrogens with zero attached hydrogens (tertiary/aromatic N) is 2. The second kappa shape index (κ2) is 14.2. The highest BCUT2D eigenvalue weighted by Gasteiger charge is 2.70. The molecule has 3 aliphatic rings. The van der Waals surface area contributed by atoms with Gasteiger partial charge >= 0.3 is 6.03 Å². The number of likely N-dealkylation sites (N-methyl/N-ethyl adjacent to an activating group) is 1. The van der Waals surface area contributed by atoms with E-state index in [1.54, 1.807) is 18.2 Å². The molecular formula is C36H56N6O7S. The standard InChI is InChI=1S/C36H56N6O7S/c1-34(2,3)25(20-41(9)50(48,49)22-16-11-10-12-17-22)39-33(47)40-29(35(4,5)6)32(46)42-19-23-26(36(23,7)8)27(42)31(45)38-24(28(43)30(37)44)18-21-14-13-15-21/h10-12,16-17,21,23-27,29H,13-15,18-20H2,1-9H3,(H2,37,44)(H,38,45)(H2,39,40,47)/t23-,24?,25+,26-,27-,29+/m0/s1. The number of ketones is 1. The molecule has 4 rings (SSSR count). The molecule has 13 nitrogen and oxygen atoms in total. The number of Topliss-reactive ketones (excluding diaryl/α,β-unsaturated/α-hetero) is 1. The van der Waals surface area contributed by atoms with Crippen LogP contribution in [-0.4, -0.2) is 91.5 Å². The molecule has 1 aliphatic heterocycles. The van der Waals surface area contributed by atoms with Gasteiger partial charge in [-0.1, -0.05) is 92.9 Å². The third kappa shape index (κ3) is 8.33. The Hall–Kier alpha value is -3.52. The lowest BCUT2D eigenvalue weighted by Crippen LogP contribution is -2.62. The van der Waals surface area contributed by atoms with Crippen LogP contribution < -0.4 is 21.7 Å². The third-order valence-electron chi connectivity index (χ3n) is 11.1. The monoisotopic (exact) mass is 716 g/mol. The van der Waals surface area contributed by atoms with Crippen LogP contribution in [0.5, 0.6) is 0 Å². The Labute approximate surface area is 296 Å². The number of rotatable bonds is 13. The summed E-state index contributed by atoms with van der Waals surface area (Å²) in [5.74, 6) is -2.83. The van der Waals surface area contributed by atoms with Crippen molar-refractivity contribution < 1.29 is 32.4 Å². The van der Waals surface area contributed by atoms with E-state index in [2.05, 4.69) is 16.0 Å². The minimum absolute atomic E-state index is 0.0266. The summed E-state index contributed by atoms with van der Waals surface area (Å²) in [6.45, 7) is 15.4. The molecule has 2 saturated carbocycles. The molecule has 1 aromatic rings. The number of hydrogen-bond donors (Lipinski definition) is 4. The molecule has 278 valence electrons. The molecule has 0 aromatic heterocycles. The van der Waals surface area contributed by atoms with Gasteiger partial charge in [-0.15, -0.1) is 0 Å². The van der Waals surface area contributed by atoms with Gasteiger partial charge in [0.1, 0.15) is 12.1 Å². The second-order valence-corrected chi connectivity index (χ2v) is 19.2. The van der Waals surface area contributed by atoms with Crippen molar-refractivity contribution in [1.29, 1.82) is 0 Å². The predicted molar refractivity (Wildman–Crippen MR) is 189 cm³/mol. The van der Waals surface area contributed by atoms with Crippen LogP contribution in [0.2, 0.25) is 0 Å². The number of fused-ring (bicyclic) bond motifs is 1. The van der Waals surface area contributed by atoms with Crippen LogP contribution in [-0.2, 0) is 29.2 Å². The summed E-state index contributed by atoms with van der Waals surface area (Å²) in [7, 11) is -2.37. The molecule has 5 N–H and O–H groups in total. The molecular weight excluding hydrogens is 660 g/mol. The first-order valence-electron chi connectivity index (χ1n) is 17.5. The largest absolute Gasteiger partial charge is 0.363 e. The van der Waals surface area contributed by atoms with E-state index in [0.29, 0.717) is 13.0 Å². The zero-order chi connectivity index (χ0) is 37.6. The van der Waals surface area contributed by atoms with Gasteiger partial charge in [-0.05, 0) is 52.6 Å². The van der Waals surface area contributed by atoms with E-state index in [4.69, 9.17) is 5.73 Å². The van der Waals surface area contributed by atoms with E-state index in [9.17, 15) is 32.4 Å². The van der Waals surface area contributed by atoms with Gasteiger partial charge < -0.3 is 26.6 Å². The first-order chi connectivity index (χ1) is 23.0. The van der Waals surface area contributed by atoms with Crippen LogP contribution in [0.1, 0.15) is 81.1 Å². The lowest BCUT2D eigenvalue weighted by atomic mass is 9.80. The quantitative estimate of drug-likeness (QED) is 0.226. The Morgan fingerprint density at radius 1 is 0.960 bits per heavy atom. The minimum atomic E-state index is -3.83. The van der Waals surface area contributed by atoms with E-state index < -0.39 is 74.6 Å². The lowest BCUT2D eigenvalue weighted by molar-refractivity contribution is -0.145. The number of nitrogens with two attached hydrogens (primary N) is 1. The van der Waals surface area contributed by atoms with Crippen LogP contribution in [0.4, 0.5) is 4.79 Å². The molecule has 1 heterocycles. The maximum atomic E-state index is 14.4. The molecule has 0 bridgehead atoms. The first kappa shape index (κ1) is 39.3. The molecule has 14 heteroatoms. The van der Waals surface area contributed by atoms with Gasteiger partial charge in [-0.25, -0.2) is 13.2 Å². The van der Waals surface area contributed by atoms with Gasteiger partial charge in [0.2, 0.25) is 27.6 Å². The Balaban J connectivity index is 1.52. The van der Waals surface area contributed by atoms with Gasteiger partial charge in [-0.2, -0.15) is 4.31 Å². The number of carbonyl (C=O) groups is 5. The van der Waals surface area contributed by atoms with E-state index in [1.807, 2.05) is 55.4 Å². The van der Waals surface area contributed by atoms with Gasteiger partial charge in [0.05, 0.1) is 10.9 Å². The summed E-state index contributed by atoms with van der Waals surface area (Å²) < 4.78 is 27.7. The van der Waals surface area contributed by atoms with Gasteiger partial charge in [0.25, 0.3) is 5.91 Å². The number of nitrogens with one attached hydrogen (secondary N) is 3. The van der Waals surface area contributed by atoms with E-state index in [1.165, 1.54) is 28.4 Å². The highest BCUT2D eigenvalue weighted by Crippen LogP contribution is 2.65. The number of hydrogen-bond acceptors (Lipinski definition) is 7. The molecule has 6 atom stereocenters. The molecule has 5 amide bonds. The smallest absolute Gasteiger partial charge is 0.315 e. The van der Waals surface area contributed by atoms with Crippen LogP contribution in [0, 0.1) is 34.0 Å². The molecule has 1 saturated heterocycles. The van der Waals surface area contributed by atoms with Crippen molar-refractivity contribution in [2.24, 2.45) is 39.7 Å². The summed E-state index contributed by atoms with van der Waals surface area (Å²) in [6.07, 6.45) is 3.14. The first-order valence-corrected chi connectivity index (χ1v) is 18.9. The van der Waals surface area contributed by atoms with Crippen molar-refractivity contribution in [3.8, 4) is 0 Å². The van der Waals surface area contributed by atoms with E-state index in [-0.39, 0.29) is 34.6 Å². The summed E-state index contributed by atoms with van der Waals surface area (Å²) >= 11 is 0. The van der Waals surface area contributed by atoms with Crippen molar-refractivity contribution in [2.75, 3.05) is 20.1 Å². The number of sulfonamides is 1. The van der Waals surface area contributed by atoms with E-state index >= 15 is 0 Å². The zero-order valence-corrected chi connectivity index (χ0v) is 31.7. The minimum Gasteiger partial charge on any atom is -0.363 e. The maximum Gasteiger partial charge on any atom is 0.315 e. The van der Waals surface area contributed by atoms with Gasteiger partial charge in [0, 0.05) is 26.2 Å². The highest BCUT2D eigenvalue weighted by molar-refractivity contribution is 7.89. The molecule has 1 unspecified atom stereocenters. The van der Waals surface area contributed by atoms with Crippen molar-refractivity contribution in [1.82, 2.24) is 25.2 Å². The van der Waals surface area contributed by atoms with Crippen molar-refractivity contribution >= 4 is 39.6 Å². The van der Waals surface area contributed by atoms with Gasteiger partial charge in [-0.3, -0.25) is 19.2 Å². The number of urea groups is 1. The molecule has 0 spiro atoms. The normalized spacial score (nSPS) is 23.6. The second-order valence-electron chi connectivity index (χ2n) is 17.1. The summed E-state index contributed by atoms with van der Waals surface area (Å²) in [5, 5.41) is 8.55. The van der Waals surface area contributed by atoms with Crippen LogP contribution in [0.3, 0.4) is 0 Å². The fraction of sp³-hybridized carbons (Fsp3) is 0.694. The number of benzene rings is 1. The fourth-order valence-electron chi connectivity index (χ4n) is 7.34. The average molecular weight is 717 g/mol. The number of amides is 5. The Morgan fingerprint density at radius 3 is 2.06 bits per heavy atom. The van der Waals surface area contributed by atoms with Crippen LogP contribution in [0.15, 0.2) is 35.2 Å². The van der Waals surface area contributed by atoms with Crippen LogP contribution in [0.25, 0.3) is 0 Å². The molecule has 1 aromatic carbocycles. The summed E-state index contributed by atoms with van der Waals surface area (Å²) in [4.78, 5) is 68.3. The van der Waals surface area contributed by atoms with Crippen LogP contribution >= 0.6 is 0 Å². The predicted octanol–water partition coefficient (Wildman–Crippen LogP) is 2.65. The number of carbonyl (C=O) groups excluding carboxylic acids is 5. The van der Waals surface area contributed by atoms with Gasteiger partial charge in [0.15, 0.2) is 0 Å². The Morgan fingerprint density at radius 2 is 1.56 bits per heavy atom. The number of piperidine rings is 1. The number of primary amides is 1. The zero-order valence-electron chi connectivity index (χ0n) is 30.9. The molecule has 2 aliphatic carbocycles. The summed E-state index contributed by atoms with van der Waals surface area (Å²) in [5.41, 5.74) is 3.78. The third-order valence-corrected chi connectivity index (χ3v) is 12.9. The SMILES string of the molecule is CN(C[C@@H](NC(=O)N[C@H](C(=O)N1C[C@H]2[C@@H]([C@H]1C(=O)NC(CC1CCC1)C(=O)C(N)=O)C2(C)C)C(C)(C)C)C(C)(C)C)S(=O)(=O)c1ccccc1. The highest BCUT2D eigenvalue weighted by atomic mass is 32.2. The summed E-state index contributed by atoms with van der Waals surface area (Å²) in [6, 6.07) is 3.73. The van der Waals surface area contributed by atoms with Crippen molar-refractivity contribution in [2.45, 2.75) is 110 Å². The number of likely N-dealkylation sites (tertiary alicyclic amines) is 1.